The average molecular weight is 523 g/mol. The van der Waals surface area contributed by atoms with Crippen molar-refractivity contribution in [1.82, 2.24) is 19.9 Å². The van der Waals surface area contributed by atoms with Gasteiger partial charge in [0.25, 0.3) is 5.91 Å². The molecule has 2 aromatic heterocycles. The Bertz CT molecular complexity index is 1290. The molecule has 6 nitrogen and oxygen atoms in total. The number of benzene rings is 2. The van der Waals surface area contributed by atoms with Crippen molar-refractivity contribution < 1.29 is 14.3 Å². The molecule has 0 radical (unpaired) electrons. The first-order chi connectivity index (χ1) is 17.6. The van der Waals surface area contributed by atoms with E-state index >= 15 is 0 Å². The minimum Gasteiger partial charge on any atom is -0.394 e. The minimum atomic E-state index is -0.343. The summed E-state index contributed by atoms with van der Waals surface area (Å²) in [5, 5.41) is 15.5. The van der Waals surface area contributed by atoms with Gasteiger partial charge in [0.1, 0.15) is 10.8 Å². The predicted octanol–water partition coefficient (Wildman–Crippen LogP) is 5.23. The monoisotopic (exact) mass is 522 g/mol. The number of allylic oxidation sites excluding steroid dienone is 1. The summed E-state index contributed by atoms with van der Waals surface area (Å²) in [6, 6.07) is 11.4. The third-order valence-electron chi connectivity index (χ3n) is 5.63. The highest BCUT2D eigenvalue weighted by atomic mass is 32.2. The standard InChI is InChI=1S/C27H27FN4O2S2/c1-35-12-8-23(17-33)31-26(34)24-7-2-19(15-25(24)20-3-5-22(28)6-4-20)14-21(27-30-10-13-36-27)16-32-11-9-29-18-32/h2-7,9-11,13-15,18,23,33H,8,12,16-17H2,1H3,(H,31,34)/b21-14-/t23-/m0/s1. The summed E-state index contributed by atoms with van der Waals surface area (Å²) in [6.07, 6.45) is 11.9. The van der Waals surface area contributed by atoms with E-state index in [9.17, 15) is 14.3 Å². The Hall–Kier alpha value is -3.27. The largest absolute Gasteiger partial charge is 0.394 e. The number of rotatable bonds is 11. The Balaban J connectivity index is 1.72. The zero-order valence-corrected chi connectivity index (χ0v) is 21.4. The van der Waals surface area contributed by atoms with E-state index in [1.807, 2.05) is 40.6 Å². The first kappa shape index (κ1) is 25.8. The number of aromatic nitrogens is 3. The zero-order chi connectivity index (χ0) is 25.3. The first-order valence-corrected chi connectivity index (χ1v) is 13.7. The van der Waals surface area contributed by atoms with Crippen molar-refractivity contribution in [2.45, 2.75) is 19.0 Å². The van der Waals surface area contributed by atoms with Crippen LogP contribution in [-0.4, -0.2) is 50.2 Å². The molecule has 0 aliphatic rings. The normalized spacial score (nSPS) is 12.5. The number of carbonyl (C=O) groups excluding carboxylic acids is 1. The Morgan fingerprint density at radius 3 is 2.75 bits per heavy atom. The molecule has 36 heavy (non-hydrogen) atoms. The van der Waals surface area contributed by atoms with E-state index < -0.39 is 0 Å². The second-order valence-electron chi connectivity index (χ2n) is 8.19. The van der Waals surface area contributed by atoms with E-state index in [-0.39, 0.29) is 24.4 Å². The second-order valence-corrected chi connectivity index (χ2v) is 10.1. The number of thiazole rings is 1. The van der Waals surface area contributed by atoms with E-state index in [4.69, 9.17) is 0 Å². The molecule has 0 spiro atoms. The Morgan fingerprint density at radius 2 is 2.08 bits per heavy atom. The lowest BCUT2D eigenvalue weighted by Crippen LogP contribution is -2.38. The van der Waals surface area contributed by atoms with Crippen LogP contribution in [0.25, 0.3) is 22.8 Å². The summed E-state index contributed by atoms with van der Waals surface area (Å²) in [4.78, 5) is 21.8. The maximum Gasteiger partial charge on any atom is 0.252 e. The van der Waals surface area contributed by atoms with E-state index in [1.165, 1.54) is 12.1 Å². The van der Waals surface area contributed by atoms with Gasteiger partial charge < -0.3 is 15.0 Å². The van der Waals surface area contributed by atoms with Crippen LogP contribution in [0.4, 0.5) is 4.39 Å². The lowest BCUT2D eigenvalue weighted by molar-refractivity contribution is 0.0916. The number of amides is 1. The van der Waals surface area contributed by atoms with E-state index in [0.29, 0.717) is 24.1 Å². The van der Waals surface area contributed by atoms with Gasteiger partial charge in [-0.15, -0.1) is 11.3 Å². The van der Waals surface area contributed by atoms with Crippen LogP contribution in [0.1, 0.15) is 27.3 Å². The number of hydrogen-bond donors (Lipinski definition) is 2. The number of halogens is 1. The molecule has 2 aromatic carbocycles. The van der Waals surface area contributed by atoms with Crippen LogP contribution >= 0.6 is 23.1 Å². The topological polar surface area (TPSA) is 80.0 Å². The van der Waals surface area contributed by atoms with Gasteiger partial charge in [0, 0.05) is 35.1 Å². The summed E-state index contributed by atoms with van der Waals surface area (Å²) in [6.45, 7) is 0.458. The Morgan fingerprint density at radius 1 is 1.25 bits per heavy atom. The lowest BCUT2D eigenvalue weighted by atomic mass is 9.95. The Labute approximate surface area is 217 Å². The predicted molar refractivity (Wildman–Crippen MR) is 145 cm³/mol. The molecule has 0 unspecified atom stereocenters. The number of aliphatic hydroxyl groups excluding tert-OH is 1. The van der Waals surface area contributed by atoms with Crippen molar-refractivity contribution in [3.63, 3.8) is 0 Å². The molecule has 0 saturated heterocycles. The smallest absolute Gasteiger partial charge is 0.252 e. The van der Waals surface area contributed by atoms with Gasteiger partial charge in [0.2, 0.25) is 0 Å². The highest BCUT2D eigenvalue weighted by Gasteiger charge is 2.18. The molecular formula is C27H27FN4O2S2. The molecule has 0 fully saturated rings. The average Bonchev–Trinajstić information content (AvgIpc) is 3.61. The highest BCUT2D eigenvalue weighted by molar-refractivity contribution is 7.98. The minimum absolute atomic E-state index is 0.134. The van der Waals surface area contributed by atoms with Crippen LogP contribution in [-0.2, 0) is 6.54 Å². The maximum absolute atomic E-state index is 13.7. The number of hydrogen-bond acceptors (Lipinski definition) is 6. The van der Waals surface area contributed by atoms with Gasteiger partial charge >= 0.3 is 0 Å². The van der Waals surface area contributed by atoms with Gasteiger partial charge in [-0.25, -0.2) is 14.4 Å². The number of nitrogens with one attached hydrogen (secondary N) is 1. The first-order valence-electron chi connectivity index (χ1n) is 11.4. The van der Waals surface area contributed by atoms with Crippen LogP contribution in [0.2, 0.25) is 0 Å². The molecule has 0 saturated carbocycles. The molecule has 1 amide bonds. The molecule has 4 aromatic rings. The van der Waals surface area contributed by atoms with Gasteiger partial charge in [0.15, 0.2) is 0 Å². The Kier molecular flexibility index (Phi) is 9.05. The number of imidazole rings is 1. The molecule has 186 valence electrons. The van der Waals surface area contributed by atoms with E-state index in [0.717, 1.165) is 27.5 Å². The van der Waals surface area contributed by atoms with E-state index in [2.05, 4.69) is 15.3 Å². The molecule has 4 rings (SSSR count). The van der Waals surface area contributed by atoms with Crippen molar-refractivity contribution in [1.29, 1.82) is 0 Å². The van der Waals surface area contributed by atoms with Crippen molar-refractivity contribution in [2.24, 2.45) is 0 Å². The summed E-state index contributed by atoms with van der Waals surface area (Å²) < 4.78 is 15.6. The maximum atomic E-state index is 13.7. The fourth-order valence-corrected chi connectivity index (χ4v) is 4.95. The SMILES string of the molecule is CSCC[C@@H](CO)NC(=O)c1ccc(/C=C(/Cn2ccnc2)c2nccs2)cc1-c1ccc(F)cc1. The van der Waals surface area contributed by atoms with E-state index in [1.54, 1.807) is 60.0 Å². The van der Waals surface area contributed by atoms with Gasteiger partial charge in [-0.3, -0.25) is 4.79 Å². The molecule has 0 aliphatic heterocycles. The quantitative estimate of drug-likeness (QED) is 0.282. The third-order valence-corrected chi connectivity index (χ3v) is 7.12. The summed E-state index contributed by atoms with van der Waals surface area (Å²) in [7, 11) is 0. The van der Waals surface area contributed by atoms with Gasteiger partial charge in [-0.05, 0) is 65.5 Å². The van der Waals surface area contributed by atoms with Gasteiger partial charge in [0.05, 0.1) is 25.5 Å². The number of aliphatic hydroxyl groups is 1. The molecule has 9 heteroatoms. The van der Waals surface area contributed by atoms with Crippen molar-refractivity contribution in [3.05, 3.63) is 94.7 Å². The molecular weight excluding hydrogens is 495 g/mol. The van der Waals surface area contributed by atoms with Gasteiger partial charge in [-0.1, -0.05) is 18.2 Å². The summed E-state index contributed by atoms with van der Waals surface area (Å²) in [5.74, 6) is 0.212. The fourth-order valence-electron chi connectivity index (χ4n) is 3.79. The van der Waals surface area contributed by atoms with Crippen LogP contribution in [0.15, 0.2) is 72.8 Å². The molecule has 0 aliphatic carbocycles. The number of thioether (sulfide) groups is 1. The van der Waals surface area contributed by atoms with Crippen molar-refractivity contribution >= 4 is 40.7 Å². The highest BCUT2D eigenvalue weighted by Crippen LogP contribution is 2.29. The van der Waals surface area contributed by atoms with Gasteiger partial charge in [-0.2, -0.15) is 11.8 Å². The number of carbonyl (C=O) groups is 1. The van der Waals surface area contributed by atoms with Crippen LogP contribution in [0.5, 0.6) is 0 Å². The molecule has 0 bridgehead atoms. The number of nitrogens with zero attached hydrogens (tertiary/aromatic N) is 3. The zero-order valence-electron chi connectivity index (χ0n) is 19.8. The molecule has 2 heterocycles. The van der Waals surface area contributed by atoms with Crippen molar-refractivity contribution in [2.75, 3.05) is 18.6 Å². The molecule has 2 N–H and O–H groups in total. The summed E-state index contributed by atoms with van der Waals surface area (Å²) in [5.41, 5.74) is 3.77. The second kappa shape index (κ2) is 12.6. The fraction of sp³-hybridized carbons (Fsp3) is 0.222. The van der Waals surface area contributed by atoms with Crippen LogP contribution in [0.3, 0.4) is 0 Å². The third kappa shape index (κ3) is 6.69. The van der Waals surface area contributed by atoms with Crippen molar-refractivity contribution in [3.8, 4) is 11.1 Å². The lowest BCUT2D eigenvalue weighted by Gasteiger charge is -2.18. The van der Waals surface area contributed by atoms with Crippen LogP contribution in [0, 0.1) is 5.82 Å². The summed E-state index contributed by atoms with van der Waals surface area (Å²) >= 11 is 3.22. The van der Waals surface area contributed by atoms with Crippen LogP contribution < -0.4 is 5.32 Å². The molecule has 1 atom stereocenters.